The van der Waals surface area contributed by atoms with Gasteiger partial charge in [0.25, 0.3) is 0 Å². The Bertz CT molecular complexity index is 1050. The molecule has 2 unspecified atom stereocenters. The zero-order chi connectivity index (χ0) is 21.2. The van der Waals surface area contributed by atoms with Gasteiger partial charge in [0.1, 0.15) is 17.6 Å². The molecule has 1 fully saturated rings. The number of carbonyl (C=O) groups is 2. The number of hydrogen-bond donors (Lipinski definition) is 1. The molecule has 1 amide bonds. The first-order valence-electron chi connectivity index (χ1n) is 11.5. The molecule has 1 aromatic heterocycles. The Labute approximate surface area is 183 Å². The van der Waals surface area contributed by atoms with Gasteiger partial charge < -0.3 is 10.2 Å². The van der Waals surface area contributed by atoms with Gasteiger partial charge in [-0.25, -0.2) is 4.98 Å². The van der Waals surface area contributed by atoms with E-state index in [1.54, 1.807) is 0 Å². The summed E-state index contributed by atoms with van der Waals surface area (Å²) in [7, 11) is 0. The average molecular weight is 416 g/mol. The van der Waals surface area contributed by atoms with Crippen LogP contribution in [0.1, 0.15) is 44.9 Å². The summed E-state index contributed by atoms with van der Waals surface area (Å²) in [6.07, 6.45) is 13.5. The van der Waals surface area contributed by atoms with E-state index in [0.29, 0.717) is 24.7 Å². The number of rotatable bonds is 5. The van der Waals surface area contributed by atoms with Gasteiger partial charge in [-0.05, 0) is 36.1 Å². The summed E-state index contributed by atoms with van der Waals surface area (Å²) in [6.45, 7) is 0.606. The molecular formula is C26H29N3O2. The molecule has 1 aromatic carbocycles. The Morgan fingerprint density at radius 1 is 1.13 bits per heavy atom. The molecule has 2 aromatic rings. The lowest BCUT2D eigenvalue weighted by atomic mass is 9.84. The molecule has 160 valence electrons. The maximum atomic E-state index is 13.5. The summed E-state index contributed by atoms with van der Waals surface area (Å²) in [4.78, 5) is 32.6. The predicted molar refractivity (Wildman–Crippen MR) is 122 cm³/mol. The molecule has 0 saturated heterocycles. The van der Waals surface area contributed by atoms with Crippen molar-refractivity contribution in [1.82, 2.24) is 9.88 Å². The zero-order valence-electron chi connectivity index (χ0n) is 17.8. The molecule has 5 heteroatoms. The third-order valence-corrected chi connectivity index (χ3v) is 6.96. The third kappa shape index (κ3) is 4.27. The van der Waals surface area contributed by atoms with Crippen LogP contribution in [-0.4, -0.2) is 34.2 Å². The quantitative estimate of drug-likeness (QED) is 0.758. The van der Waals surface area contributed by atoms with Crippen molar-refractivity contribution < 1.29 is 9.59 Å². The lowest BCUT2D eigenvalue weighted by Gasteiger charge is -2.32. The van der Waals surface area contributed by atoms with Crippen LogP contribution >= 0.6 is 0 Å². The van der Waals surface area contributed by atoms with Gasteiger partial charge in [-0.1, -0.05) is 62.5 Å². The first kappa shape index (κ1) is 20.0. The minimum absolute atomic E-state index is 0.0275. The average Bonchev–Trinajstić information content (AvgIpc) is 3.23. The molecule has 5 nitrogen and oxygen atoms in total. The number of allylic oxidation sites excluding steroid dienone is 2. The molecule has 0 bridgehead atoms. The van der Waals surface area contributed by atoms with Crippen molar-refractivity contribution in [1.29, 1.82) is 0 Å². The first-order chi connectivity index (χ1) is 15.2. The molecule has 31 heavy (non-hydrogen) atoms. The number of pyridine rings is 1. The van der Waals surface area contributed by atoms with E-state index in [9.17, 15) is 9.59 Å². The summed E-state index contributed by atoms with van der Waals surface area (Å²) < 4.78 is 0. The highest BCUT2D eigenvalue weighted by Gasteiger charge is 2.37. The van der Waals surface area contributed by atoms with Crippen LogP contribution in [0.2, 0.25) is 0 Å². The van der Waals surface area contributed by atoms with Gasteiger partial charge in [0.2, 0.25) is 5.91 Å². The van der Waals surface area contributed by atoms with Crippen LogP contribution in [0, 0.1) is 11.8 Å². The molecule has 2 aliphatic carbocycles. The van der Waals surface area contributed by atoms with Crippen molar-refractivity contribution >= 4 is 28.4 Å². The highest BCUT2D eigenvalue weighted by molar-refractivity contribution is 5.95. The molecule has 3 aliphatic rings. The maximum Gasteiger partial charge on any atom is 0.248 e. The normalized spacial score (nSPS) is 22.3. The summed E-state index contributed by atoms with van der Waals surface area (Å²) in [6, 6.07) is 11.5. The van der Waals surface area contributed by atoms with Crippen molar-refractivity contribution in [2.75, 3.05) is 11.9 Å². The predicted octanol–water partition coefficient (Wildman–Crippen LogP) is 4.86. The van der Waals surface area contributed by atoms with Crippen LogP contribution in [0.5, 0.6) is 0 Å². The molecular weight excluding hydrogens is 386 g/mol. The minimum atomic E-state index is -0.282. The molecule has 5 rings (SSSR count). The molecule has 1 N–H and O–H groups in total. The second-order valence-corrected chi connectivity index (χ2v) is 9.09. The van der Waals surface area contributed by atoms with Gasteiger partial charge >= 0.3 is 0 Å². The van der Waals surface area contributed by atoms with E-state index in [1.807, 2.05) is 54.8 Å². The van der Waals surface area contributed by atoms with Gasteiger partial charge in [0.15, 0.2) is 0 Å². The number of Topliss-reactive ketones (excluding diaryl/α,β-unsaturated/α-hetero) is 1. The number of anilines is 1. The van der Waals surface area contributed by atoms with Crippen LogP contribution in [0.3, 0.4) is 0 Å². The van der Waals surface area contributed by atoms with Crippen molar-refractivity contribution in [2.24, 2.45) is 11.8 Å². The smallest absolute Gasteiger partial charge is 0.248 e. The van der Waals surface area contributed by atoms with Crippen molar-refractivity contribution in [2.45, 2.75) is 51.0 Å². The van der Waals surface area contributed by atoms with Crippen LogP contribution in [-0.2, 0) is 9.59 Å². The summed E-state index contributed by atoms with van der Waals surface area (Å²) in [5, 5.41) is 4.12. The number of amides is 1. The van der Waals surface area contributed by atoms with Gasteiger partial charge in [0, 0.05) is 24.6 Å². The monoisotopic (exact) mass is 415 g/mol. The number of ketones is 1. The maximum absolute atomic E-state index is 13.5. The Balaban J connectivity index is 1.37. The largest absolute Gasteiger partial charge is 0.364 e. The van der Waals surface area contributed by atoms with E-state index in [2.05, 4.69) is 15.2 Å². The fourth-order valence-electron chi connectivity index (χ4n) is 5.24. The van der Waals surface area contributed by atoms with Crippen LogP contribution in [0.25, 0.3) is 10.9 Å². The Hall–Kier alpha value is -2.95. The zero-order valence-corrected chi connectivity index (χ0v) is 17.8. The molecule has 0 spiro atoms. The van der Waals surface area contributed by atoms with Gasteiger partial charge in [-0.2, -0.15) is 0 Å². The summed E-state index contributed by atoms with van der Waals surface area (Å²) in [5.74, 6) is 1.27. The number of hydrogen-bond acceptors (Lipinski definition) is 4. The van der Waals surface area contributed by atoms with Crippen LogP contribution < -0.4 is 5.32 Å². The fraction of sp³-hybridized carbons (Fsp3) is 0.423. The number of fused-ring (bicyclic) bond motifs is 2. The molecule has 1 aliphatic heterocycles. The van der Waals surface area contributed by atoms with Crippen molar-refractivity contribution in [3.63, 3.8) is 0 Å². The van der Waals surface area contributed by atoms with Gasteiger partial charge in [-0.15, -0.1) is 0 Å². The molecule has 2 heterocycles. The molecule has 0 radical (unpaired) electrons. The number of para-hydroxylation sites is 1. The van der Waals surface area contributed by atoms with E-state index in [0.717, 1.165) is 22.9 Å². The van der Waals surface area contributed by atoms with Crippen molar-refractivity contribution in [3.8, 4) is 0 Å². The Morgan fingerprint density at radius 3 is 2.81 bits per heavy atom. The second-order valence-electron chi connectivity index (χ2n) is 9.09. The Morgan fingerprint density at radius 2 is 1.97 bits per heavy atom. The number of carbonyl (C=O) groups excluding carboxylic acids is 2. The highest BCUT2D eigenvalue weighted by Crippen LogP contribution is 2.34. The van der Waals surface area contributed by atoms with Crippen LogP contribution in [0.15, 0.2) is 60.3 Å². The first-order valence-corrected chi connectivity index (χ1v) is 11.5. The van der Waals surface area contributed by atoms with E-state index in [4.69, 9.17) is 0 Å². The SMILES string of the molecule is O=C1CC=CC2=CN(C(CC3CCCCC3)C(=O)Nc3ccc4ccccc4n3)CC12. The second kappa shape index (κ2) is 8.66. The van der Waals surface area contributed by atoms with Gasteiger partial charge in [-0.3, -0.25) is 9.59 Å². The van der Waals surface area contributed by atoms with E-state index >= 15 is 0 Å². The molecule has 1 saturated carbocycles. The lowest BCUT2D eigenvalue weighted by molar-refractivity contribution is -0.123. The topological polar surface area (TPSA) is 62.3 Å². The van der Waals surface area contributed by atoms with Crippen LogP contribution in [0.4, 0.5) is 5.82 Å². The number of nitrogens with zero attached hydrogens (tertiary/aromatic N) is 2. The van der Waals surface area contributed by atoms with E-state index in [1.165, 1.54) is 32.1 Å². The number of aromatic nitrogens is 1. The highest BCUT2D eigenvalue weighted by atomic mass is 16.2. The van der Waals surface area contributed by atoms with Crippen molar-refractivity contribution in [3.05, 3.63) is 60.3 Å². The number of nitrogens with one attached hydrogen (secondary N) is 1. The molecule has 2 atom stereocenters. The fourth-order valence-corrected chi connectivity index (χ4v) is 5.24. The van der Waals surface area contributed by atoms with E-state index < -0.39 is 0 Å². The Kier molecular flexibility index (Phi) is 5.58. The van der Waals surface area contributed by atoms with E-state index in [-0.39, 0.29) is 23.7 Å². The number of benzene rings is 1. The van der Waals surface area contributed by atoms with Gasteiger partial charge in [0.05, 0.1) is 11.4 Å². The summed E-state index contributed by atoms with van der Waals surface area (Å²) in [5.41, 5.74) is 1.91. The standard InChI is InChI=1S/C26H29N3O2/c30-24-12-6-10-20-16-29(17-21(20)24)23(15-18-7-2-1-3-8-18)26(31)28-25-14-13-19-9-4-5-11-22(19)27-25/h4-6,9-11,13-14,16,18,21,23H,1-3,7-8,12,15,17H2,(H,27,28,31). The third-order valence-electron chi connectivity index (χ3n) is 6.96. The lowest BCUT2D eigenvalue weighted by Crippen LogP contribution is -2.43. The summed E-state index contributed by atoms with van der Waals surface area (Å²) >= 11 is 0. The minimum Gasteiger partial charge on any atom is -0.364 e.